The average Bonchev–Trinajstić information content (AvgIpc) is 2.61. The molecule has 1 heterocycles. The summed E-state index contributed by atoms with van der Waals surface area (Å²) in [5, 5.41) is 21.0. The van der Waals surface area contributed by atoms with Crippen molar-refractivity contribution in [1.82, 2.24) is 4.57 Å². The second-order valence-electron chi connectivity index (χ2n) is 5.26. The van der Waals surface area contributed by atoms with Crippen molar-refractivity contribution < 1.29 is 10.2 Å². The number of aliphatic hydroxyl groups is 1. The summed E-state index contributed by atoms with van der Waals surface area (Å²) in [4.78, 5) is 17.0. The summed E-state index contributed by atoms with van der Waals surface area (Å²) in [6.07, 6.45) is 1.43. The second kappa shape index (κ2) is 7.27. The molecule has 1 aromatic heterocycles. The van der Waals surface area contributed by atoms with E-state index in [1.54, 1.807) is 42.5 Å². The van der Waals surface area contributed by atoms with E-state index in [1.807, 2.05) is 0 Å². The predicted molar refractivity (Wildman–Crippen MR) is 101 cm³/mol. The van der Waals surface area contributed by atoms with E-state index < -0.39 is 5.56 Å². The fraction of sp³-hybridized carbons (Fsp3) is 0.111. The fourth-order valence-electron chi connectivity index (χ4n) is 2.59. The molecule has 0 aliphatic rings. The molecule has 7 heteroatoms. The maximum atomic E-state index is 12.9. The van der Waals surface area contributed by atoms with Crippen LogP contribution < -0.4 is 5.56 Å². The largest absolute Gasteiger partial charge is 0.494 e. The van der Waals surface area contributed by atoms with Gasteiger partial charge in [-0.15, -0.1) is 0 Å². The summed E-state index contributed by atoms with van der Waals surface area (Å²) in [7, 11) is 0. The lowest BCUT2D eigenvalue weighted by atomic mass is 10.1. The van der Waals surface area contributed by atoms with Crippen LogP contribution in [-0.2, 0) is 0 Å². The lowest BCUT2D eigenvalue weighted by molar-refractivity contribution is 0.307. The molecule has 0 saturated heterocycles. The Morgan fingerprint density at radius 1 is 1.08 bits per heavy atom. The monoisotopic (exact) mass is 376 g/mol. The lowest BCUT2D eigenvalue weighted by Gasteiger charge is -2.15. The Morgan fingerprint density at radius 3 is 2.52 bits per heavy atom. The van der Waals surface area contributed by atoms with Gasteiger partial charge in [0.15, 0.2) is 0 Å². The fourth-order valence-corrected chi connectivity index (χ4v) is 2.97. The van der Waals surface area contributed by atoms with E-state index in [1.165, 1.54) is 6.21 Å². The molecular formula is C18H14Cl2N2O3. The van der Waals surface area contributed by atoms with Crippen LogP contribution in [0.5, 0.6) is 5.88 Å². The van der Waals surface area contributed by atoms with E-state index >= 15 is 0 Å². The number of rotatable bonds is 4. The Labute approximate surface area is 153 Å². The van der Waals surface area contributed by atoms with Crippen LogP contribution in [0.15, 0.2) is 52.3 Å². The Kier molecular flexibility index (Phi) is 5.08. The van der Waals surface area contributed by atoms with E-state index in [9.17, 15) is 9.90 Å². The minimum absolute atomic E-state index is 0.116. The van der Waals surface area contributed by atoms with Crippen LogP contribution in [0.1, 0.15) is 5.56 Å². The van der Waals surface area contributed by atoms with Crippen LogP contribution >= 0.6 is 23.2 Å². The third kappa shape index (κ3) is 3.14. The van der Waals surface area contributed by atoms with Crippen molar-refractivity contribution in [2.75, 3.05) is 13.2 Å². The van der Waals surface area contributed by atoms with Gasteiger partial charge in [0.2, 0.25) is 5.88 Å². The van der Waals surface area contributed by atoms with Gasteiger partial charge >= 0.3 is 0 Å². The maximum absolute atomic E-state index is 12.9. The Bertz CT molecular complexity index is 1030. The molecule has 128 valence electrons. The molecule has 0 atom stereocenters. The van der Waals surface area contributed by atoms with E-state index in [2.05, 4.69) is 4.99 Å². The topological polar surface area (TPSA) is 74.8 Å². The van der Waals surface area contributed by atoms with Gasteiger partial charge in [-0.1, -0.05) is 47.5 Å². The van der Waals surface area contributed by atoms with Crippen LogP contribution in [0.4, 0.5) is 0 Å². The van der Waals surface area contributed by atoms with Gasteiger partial charge in [-0.2, -0.15) is 0 Å². The molecule has 0 saturated carbocycles. The summed E-state index contributed by atoms with van der Waals surface area (Å²) in [6.45, 7) is 0.0692. The first-order valence-corrected chi connectivity index (χ1v) is 8.23. The molecule has 3 rings (SSSR count). The highest BCUT2D eigenvalue weighted by Crippen LogP contribution is 2.32. The molecule has 0 unspecified atom stereocenters. The van der Waals surface area contributed by atoms with E-state index in [0.717, 1.165) is 4.57 Å². The number of halogens is 2. The number of aromatic nitrogens is 1. The minimum Gasteiger partial charge on any atom is -0.494 e. The zero-order chi connectivity index (χ0) is 18.0. The first kappa shape index (κ1) is 17.5. The van der Waals surface area contributed by atoms with E-state index in [4.69, 9.17) is 28.3 Å². The molecule has 25 heavy (non-hydrogen) atoms. The third-order valence-electron chi connectivity index (χ3n) is 3.73. The quantitative estimate of drug-likeness (QED) is 0.685. The van der Waals surface area contributed by atoms with Crippen LogP contribution in [-0.4, -0.2) is 34.1 Å². The van der Waals surface area contributed by atoms with Crippen molar-refractivity contribution >= 4 is 40.2 Å². The minimum atomic E-state index is -0.420. The zero-order valence-corrected chi connectivity index (χ0v) is 14.5. The normalized spacial score (nSPS) is 11.5. The van der Waals surface area contributed by atoms with E-state index in [-0.39, 0.29) is 34.8 Å². The zero-order valence-electron chi connectivity index (χ0n) is 13.0. The molecule has 5 nitrogen and oxygen atoms in total. The average molecular weight is 377 g/mol. The number of aromatic hydroxyl groups is 1. The smallest absolute Gasteiger partial charge is 0.265 e. The van der Waals surface area contributed by atoms with Gasteiger partial charge in [0.25, 0.3) is 5.56 Å². The van der Waals surface area contributed by atoms with Crippen molar-refractivity contribution in [3.05, 3.63) is 68.4 Å². The molecule has 3 aromatic rings. The molecule has 0 spiro atoms. The number of hydrogen-bond acceptors (Lipinski definition) is 4. The molecule has 0 bridgehead atoms. The highest BCUT2D eigenvalue weighted by molar-refractivity contribution is 6.43. The van der Waals surface area contributed by atoms with Crippen LogP contribution in [0.2, 0.25) is 10.0 Å². The standard InChI is InChI=1S/C18H14Cl2N2O3/c19-14-6-3-7-15(16(14)20)22-17(24)12-5-2-1-4-11(12)13(18(22)25)10-21-8-9-23/h1-7,10,23,25H,8-9H2. The van der Waals surface area contributed by atoms with Gasteiger partial charge in [0.1, 0.15) is 0 Å². The number of nitrogens with zero attached hydrogens (tertiary/aromatic N) is 2. The molecule has 0 aliphatic heterocycles. The second-order valence-corrected chi connectivity index (χ2v) is 6.04. The Hall–Kier alpha value is -2.34. The Morgan fingerprint density at radius 2 is 1.80 bits per heavy atom. The Balaban J connectivity index is 2.40. The van der Waals surface area contributed by atoms with Gasteiger partial charge in [0.05, 0.1) is 34.4 Å². The van der Waals surface area contributed by atoms with Gasteiger partial charge in [-0.25, -0.2) is 4.57 Å². The van der Waals surface area contributed by atoms with Gasteiger partial charge in [-0.3, -0.25) is 9.79 Å². The van der Waals surface area contributed by atoms with Gasteiger partial charge in [-0.05, 0) is 18.2 Å². The molecule has 2 aromatic carbocycles. The highest BCUT2D eigenvalue weighted by atomic mass is 35.5. The van der Waals surface area contributed by atoms with Crippen molar-refractivity contribution in [3.63, 3.8) is 0 Å². The van der Waals surface area contributed by atoms with Crippen LogP contribution in [0.25, 0.3) is 16.5 Å². The molecule has 0 radical (unpaired) electrons. The summed E-state index contributed by atoms with van der Waals surface area (Å²) < 4.78 is 1.11. The van der Waals surface area contributed by atoms with E-state index in [0.29, 0.717) is 16.3 Å². The van der Waals surface area contributed by atoms with Crippen LogP contribution in [0.3, 0.4) is 0 Å². The van der Waals surface area contributed by atoms with Crippen molar-refractivity contribution in [3.8, 4) is 11.6 Å². The summed E-state index contributed by atoms with van der Waals surface area (Å²) in [5.74, 6) is -0.297. The molecule has 0 aliphatic carbocycles. The number of pyridine rings is 1. The molecular weight excluding hydrogens is 363 g/mol. The summed E-state index contributed by atoms with van der Waals surface area (Å²) in [6, 6.07) is 11.7. The van der Waals surface area contributed by atoms with Crippen molar-refractivity contribution in [1.29, 1.82) is 0 Å². The number of hydrogen-bond donors (Lipinski definition) is 2. The van der Waals surface area contributed by atoms with Gasteiger partial charge in [0, 0.05) is 17.0 Å². The van der Waals surface area contributed by atoms with Crippen molar-refractivity contribution in [2.24, 2.45) is 4.99 Å². The SMILES string of the molecule is O=c1c2ccccc2c(C=NCCO)c(O)n1-c1cccc(Cl)c1Cl. The lowest BCUT2D eigenvalue weighted by Crippen LogP contribution is -2.20. The number of fused-ring (bicyclic) bond motifs is 1. The number of benzene rings is 2. The van der Waals surface area contributed by atoms with Crippen molar-refractivity contribution in [2.45, 2.75) is 0 Å². The predicted octanol–water partition coefficient (Wildman–Crippen LogP) is 3.41. The number of aliphatic imine (C=N–C) groups is 1. The molecule has 0 fully saturated rings. The maximum Gasteiger partial charge on any atom is 0.265 e. The molecule has 0 amide bonds. The first-order chi connectivity index (χ1) is 12.1. The highest BCUT2D eigenvalue weighted by Gasteiger charge is 2.18. The molecule has 2 N–H and O–H groups in total. The summed E-state index contributed by atoms with van der Waals surface area (Å²) >= 11 is 12.3. The third-order valence-corrected chi connectivity index (χ3v) is 4.53. The number of aliphatic hydroxyl groups excluding tert-OH is 1. The summed E-state index contributed by atoms with van der Waals surface area (Å²) in [5.41, 5.74) is 0.218. The van der Waals surface area contributed by atoms with Gasteiger partial charge < -0.3 is 10.2 Å². The van der Waals surface area contributed by atoms with Crippen LogP contribution in [0, 0.1) is 0 Å². The first-order valence-electron chi connectivity index (χ1n) is 7.48.